The van der Waals surface area contributed by atoms with Gasteiger partial charge in [-0.3, -0.25) is 0 Å². The number of benzene rings is 1. The highest BCUT2D eigenvalue weighted by molar-refractivity contribution is 5.79. The average Bonchev–Trinajstić information content (AvgIpc) is 2.26. The first kappa shape index (κ1) is 11.4. The maximum atomic E-state index is 10.3. The number of carboxylic acid groups (broad SMARTS) is 1. The van der Waals surface area contributed by atoms with Crippen LogP contribution in [0.2, 0.25) is 0 Å². The fourth-order valence-corrected chi connectivity index (χ4v) is 1.20. The molecule has 1 aromatic carbocycles. The zero-order chi connectivity index (χ0) is 11.3. The summed E-state index contributed by atoms with van der Waals surface area (Å²) < 4.78 is 0. The lowest BCUT2D eigenvalue weighted by atomic mass is 10.0. The number of aliphatic hydroxyl groups is 1. The van der Waals surface area contributed by atoms with Gasteiger partial charge < -0.3 is 15.9 Å². The number of rotatable bonds is 4. The van der Waals surface area contributed by atoms with Gasteiger partial charge in [-0.1, -0.05) is 30.3 Å². The van der Waals surface area contributed by atoms with Crippen LogP contribution in [0, 0.1) is 0 Å². The van der Waals surface area contributed by atoms with Gasteiger partial charge in [-0.25, -0.2) is 4.79 Å². The lowest BCUT2D eigenvalue weighted by molar-refractivity contribution is -0.131. The second-order valence-corrected chi connectivity index (χ2v) is 3.13. The van der Waals surface area contributed by atoms with Gasteiger partial charge in [0.1, 0.15) is 0 Å². The van der Waals surface area contributed by atoms with Crippen LogP contribution in [0.3, 0.4) is 0 Å². The fraction of sp³-hybridized carbons (Fsp3) is 0.182. The molecule has 0 spiro atoms. The molecule has 0 heterocycles. The lowest BCUT2D eigenvalue weighted by Crippen LogP contribution is -2.08. The van der Waals surface area contributed by atoms with Gasteiger partial charge in [-0.15, -0.1) is 0 Å². The van der Waals surface area contributed by atoms with E-state index in [-0.39, 0.29) is 6.61 Å². The highest BCUT2D eigenvalue weighted by Crippen LogP contribution is 2.13. The quantitative estimate of drug-likeness (QED) is 0.638. The maximum Gasteiger partial charge on any atom is 0.328 e. The van der Waals surface area contributed by atoms with Crippen molar-refractivity contribution in [3.05, 3.63) is 47.5 Å². The van der Waals surface area contributed by atoms with Crippen LogP contribution >= 0.6 is 0 Å². The van der Waals surface area contributed by atoms with Gasteiger partial charge in [0.15, 0.2) is 0 Å². The SMILES string of the molecule is NC(C=CC(=O)O)c1cccc(CO)c1. The highest BCUT2D eigenvalue weighted by atomic mass is 16.4. The largest absolute Gasteiger partial charge is 0.478 e. The van der Waals surface area contributed by atoms with Crippen LogP contribution in [0.1, 0.15) is 17.2 Å². The standard InChI is InChI=1S/C11H13NO3/c12-10(4-5-11(14)15)9-3-1-2-8(6-9)7-13/h1-6,10,13H,7,12H2,(H,14,15). The van der Waals surface area contributed by atoms with Crippen LogP contribution in [-0.2, 0) is 11.4 Å². The fourth-order valence-electron chi connectivity index (χ4n) is 1.20. The van der Waals surface area contributed by atoms with E-state index in [1.165, 1.54) is 6.08 Å². The van der Waals surface area contributed by atoms with Crippen LogP contribution in [0.15, 0.2) is 36.4 Å². The van der Waals surface area contributed by atoms with Crippen molar-refractivity contribution >= 4 is 5.97 Å². The second kappa shape index (κ2) is 5.29. The molecule has 1 aromatic rings. The van der Waals surface area contributed by atoms with E-state index in [0.717, 1.165) is 17.2 Å². The Morgan fingerprint density at radius 3 is 2.87 bits per heavy atom. The van der Waals surface area contributed by atoms with Crippen molar-refractivity contribution in [1.82, 2.24) is 0 Å². The summed E-state index contributed by atoms with van der Waals surface area (Å²) in [7, 11) is 0. The molecule has 4 N–H and O–H groups in total. The Morgan fingerprint density at radius 2 is 2.27 bits per heavy atom. The van der Waals surface area contributed by atoms with Crippen LogP contribution < -0.4 is 5.73 Å². The molecule has 0 radical (unpaired) electrons. The number of hydrogen-bond donors (Lipinski definition) is 3. The maximum absolute atomic E-state index is 10.3. The summed E-state index contributed by atoms with van der Waals surface area (Å²) in [6.45, 7) is -0.0524. The Kier molecular flexibility index (Phi) is 4.03. The third kappa shape index (κ3) is 3.53. The topological polar surface area (TPSA) is 83.6 Å². The minimum atomic E-state index is -1.02. The Morgan fingerprint density at radius 1 is 1.53 bits per heavy atom. The van der Waals surface area contributed by atoms with E-state index in [4.69, 9.17) is 15.9 Å². The Hall–Kier alpha value is -1.65. The van der Waals surface area contributed by atoms with E-state index in [2.05, 4.69) is 0 Å². The van der Waals surface area contributed by atoms with Gasteiger partial charge >= 0.3 is 5.97 Å². The van der Waals surface area contributed by atoms with Gasteiger partial charge in [0.25, 0.3) is 0 Å². The number of aliphatic hydroxyl groups excluding tert-OH is 1. The Balaban J connectivity index is 2.81. The first-order valence-corrected chi connectivity index (χ1v) is 4.50. The zero-order valence-corrected chi connectivity index (χ0v) is 8.13. The minimum Gasteiger partial charge on any atom is -0.478 e. The van der Waals surface area contributed by atoms with E-state index in [0.29, 0.717) is 0 Å². The van der Waals surface area contributed by atoms with Crippen molar-refractivity contribution in [2.24, 2.45) is 5.73 Å². The van der Waals surface area contributed by atoms with Crippen molar-refractivity contribution in [2.75, 3.05) is 0 Å². The van der Waals surface area contributed by atoms with E-state index in [9.17, 15) is 4.79 Å². The lowest BCUT2D eigenvalue weighted by Gasteiger charge is -2.07. The van der Waals surface area contributed by atoms with Crippen LogP contribution in [0.25, 0.3) is 0 Å². The molecule has 80 valence electrons. The highest BCUT2D eigenvalue weighted by Gasteiger charge is 2.02. The number of carbonyl (C=O) groups is 1. The zero-order valence-electron chi connectivity index (χ0n) is 8.13. The van der Waals surface area contributed by atoms with Crippen LogP contribution in [0.4, 0.5) is 0 Å². The molecule has 0 aliphatic carbocycles. The summed E-state index contributed by atoms with van der Waals surface area (Å²) in [6, 6.07) is 6.62. The smallest absolute Gasteiger partial charge is 0.328 e. The Bertz CT molecular complexity index is 374. The molecule has 1 atom stereocenters. The molecule has 4 heteroatoms. The van der Waals surface area contributed by atoms with Gasteiger partial charge in [-0.2, -0.15) is 0 Å². The molecule has 0 saturated heterocycles. The first-order chi connectivity index (χ1) is 7.13. The predicted molar refractivity (Wildman–Crippen MR) is 56.1 cm³/mol. The number of hydrogen-bond acceptors (Lipinski definition) is 3. The van der Waals surface area contributed by atoms with E-state index in [1.807, 2.05) is 0 Å². The molecule has 15 heavy (non-hydrogen) atoms. The predicted octanol–water partition coefficient (Wildman–Crippen LogP) is 0.820. The van der Waals surface area contributed by atoms with Crippen molar-refractivity contribution in [2.45, 2.75) is 12.6 Å². The van der Waals surface area contributed by atoms with Crippen LogP contribution in [0.5, 0.6) is 0 Å². The van der Waals surface area contributed by atoms with Crippen molar-refractivity contribution in [1.29, 1.82) is 0 Å². The van der Waals surface area contributed by atoms with E-state index >= 15 is 0 Å². The number of aliphatic carboxylic acids is 1. The van der Waals surface area contributed by atoms with E-state index < -0.39 is 12.0 Å². The normalized spacial score (nSPS) is 12.9. The van der Waals surface area contributed by atoms with Crippen molar-refractivity contribution in [3.63, 3.8) is 0 Å². The van der Waals surface area contributed by atoms with Gasteiger partial charge in [0.05, 0.1) is 6.61 Å². The molecule has 0 bridgehead atoms. The molecule has 1 rings (SSSR count). The summed E-state index contributed by atoms with van der Waals surface area (Å²) in [5, 5.41) is 17.3. The van der Waals surface area contributed by atoms with Crippen molar-refractivity contribution in [3.8, 4) is 0 Å². The number of carboxylic acids is 1. The molecular formula is C11H13NO3. The van der Waals surface area contributed by atoms with Gasteiger partial charge in [-0.05, 0) is 11.1 Å². The minimum absolute atomic E-state index is 0.0524. The van der Waals surface area contributed by atoms with Gasteiger partial charge in [0.2, 0.25) is 0 Å². The summed E-state index contributed by atoms with van der Waals surface area (Å²) >= 11 is 0. The summed E-state index contributed by atoms with van der Waals surface area (Å²) in [5.41, 5.74) is 7.27. The molecule has 4 nitrogen and oxygen atoms in total. The Labute approximate surface area is 87.7 Å². The molecule has 0 aromatic heterocycles. The third-order valence-corrected chi connectivity index (χ3v) is 1.96. The molecular weight excluding hydrogens is 194 g/mol. The number of nitrogens with two attached hydrogens (primary N) is 1. The second-order valence-electron chi connectivity index (χ2n) is 3.13. The molecule has 0 amide bonds. The average molecular weight is 207 g/mol. The molecule has 0 aliphatic heterocycles. The summed E-state index contributed by atoms with van der Waals surface area (Å²) in [6.07, 6.45) is 2.41. The molecule has 0 fully saturated rings. The first-order valence-electron chi connectivity index (χ1n) is 4.50. The monoisotopic (exact) mass is 207 g/mol. The van der Waals surface area contributed by atoms with Crippen LogP contribution in [-0.4, -0.2) is 16.2 Å². The third-order valence-electron chi connectivity index (χ3n) is 1.96. The van der Waals surface area contributed by atoms with E-state index in [1.54, 1.807) is 24.3 Å². The van der Waals surface area contributed by atoms with Crippen molar-refractivity contribution < 1.29 is 15.0 Å². The molecule has 0 saturated carbocycles. The molecule has 1 unspecified atom stereocenters. The summed E-state index contributed by atoms with van der Waals surface area (Å²) in [4.78, 5) is 10.3. The van der Waals surface area contributed by atoms with Gasteiger partial charge in [0, 0.05) is 12.1 Å². The molecule has 0 aliphatic rings. The summed E-state index contributed by atoms with van der Waals surface area (Å²) in [5.74, 6) is -1.02.